The molecule has 0 radical (unpaired) electrons. The van der Waals surface area contributed by atoms with Gasteiger partial charge < -0.3 is 19.9 Å². The highest BCUT2D eigenvalue weighted by atomic mass is 32.3. The number of azo groups is 2. The van der Waals surface area contributed by atoms with Gasteiger partial charge in [-0.1, -0.05) is 0 Å². The summed E-state index contributed by atoms with van der Waals surface area (Å²) in [4.78, 5) is 22.4. The molecule has 0 aliphatic carbocycles. The van der Waals surface area contributed by atoms with Gasteiger partial charge >= 0.3 is 20.8 Å². The number of phenols is 1. The number of anilines is 1. The number of aromatic hydroxyl groups is 1. The number of carbonyl (C=O) groups is 2. The fourth-order valence-electron chi connectivity index (χ4n) is 5.42. The van der Waals surface area contributed by atoms with Gasteiger partial charge in [-0.15, -0.1) is 10.2 Å². The summed E-state index contributed by atoms with van der Waals surface area (Å²) in [6.07, 6.45) is 0. The number of ether oxygens (including phenoxy) is 2. The van der Waals surface area contributed by atoms with Crippen LogP contribution in [-0.2, 0) is 78.7 Å². The second-order valence-electron chi connectivity index (χ2n) is 12.8. The van der Waals surface area contributed by atoms with E-state index in [0.717, 1.165) is 69.7 Å². The topological polar surface area (TPSA) is 439 Å². The summed E-state index contributed by atoms with van der Waals surface area (Å²) in [5, 5.41) is 26.4. The zero-order valence-corrected chi connectivity index (χ0v) is 38.3. The summed E-state index contributed by atoms with van der Waals surface area (Å²) in [6.45, 7) is -1.18. The van der Waals surface area contributed by atoms with Crippen LogP contribution in [0.25, 0.3) is 10.8 Å². The molecule has 0 spiro atoms. The average molecular weight is 1050 g/mol. The third kappa shape index (κ3) is 13.5. The number of sulfone groups is 2. The van der Waals surface area contributed by atoms with Crippen LogP contribution >= 0.6 is 0 Å². The molecule has 4 aromatic carbocycles. The predicted octanol–water partition coefficient (Wildman–Crippen LogP) is 2.34. The molecular weight excluding hydrogens is 1010 g/mol. The molecule has 0 bridgehead atoms. The zero-order chi connectivity index (χ0) is 49.8. The van der Waals surface area contributed by atoms with Crippen LogP contribution in [0.1, 0.15) is 6.92 Å². The number of carbonyl (C=O) groups excluding carboxylic acids is 2. The number of Topliss-reactive ketones (excluding diaryl/α,β-unsaturated/α-hetero) is 1. The summed E-state index contributed by atoms with van der Waals surface area (Å²) in [5.41, 5.74) is -2.88. The van der Waals surface area contributed by atoms with Crippen molar-refractivity contribution in [3.63, 3.8) is 0 Å². The van der Waals surface area contributed by atoms with E-state index in [1.54, 1.807) is 0 Å². The zero-order valence-electron chi connectivity index (χ0n) is 33.4. The SMILES string of the molecule is COc1ccc(S(=O)(=O)CCOS(=O)(=O)O)cc1N=Nc1c(S(=O)(=O)O)cc2c(S(=O)(=O)O)c(NC(=O)C(N=Nc3cc(S(=O)(=O)CCOS(=O)(=O)O)ccc3OC)C(C)=O)ccc2c1O. The molecule has 1 unspecified atom stereocenters. The number of methoxy groups -OCH3 is 2. The number of benzene rings is 4. The van der Waals surface area contributed by atoms with Gasteiger partial charge in [-0.25, -0.2) is 25.2 Å². The number of nitrogens with zero attached hydrogens (tertiary/aromatic N) is 4. The van der Waals surface area contributed by atoms with Gasteiger partial charge in [-0.2, -0.15) is 43.9 Å². The molecule has 6 N–H and O–H groups in total. The number of phenolic OH excluding ortho intramolecular Hbond substituents is 1. The molecule has 0 aliphatic heterocycles. The molecule has 0 aromatic heterocycles. The van der Waals surface area contributed by atoms with E-state index in [-0.39, 0.29) is 11.5 Å². The van der Waals surface area contributed by atoms with Crippen molar-refractivity contribution in [1.82, 2.24) is 0 Å². The lowest BCUT2D eigenvalue weighted by atomic mass is 10.1. The first-order valence-electron chi connectivity index (χ1n) is 17.3. The van der Waals surface area contributed by atoms with Crippen LogP contribution in [0.2, 0.25) is 0 Å². The maximum Gasteiger partial charge on any atom is 0.397 e. The van der Waals surface area contributed by atoms with Crippen LogP contribution < -0.4 is 14.8 Å². The molecule has 0 saturated heterocycles. The van der Waals surface area contributed by atoms with E-state index in [9.17, 15) is 74.3 Å². The summed E-state index contributed by atoms with van der Waals surface area (Å²) in [5.74, 6) is -6.12. The van der Waals surface area contributed by atoms with Gasteiger partial charge in [0.05, 0.1) is 54.4 Å². The third-order valence-electron chi connectivity index (χ3n) is 8.34. The van der Waals surface area contributed by atoms with Gasteiger partial charge in [-0.3, -0.25) is 27.8 Å². The number of amides is 1. The Morgan fingerprint density at radius 2 is 1.12 bits per heavy atom. The minimum absolute atomic E-state index is 0.172. The van der Waals surface area contributed by atoms with Crippen molar-refractivity contribution in [2.75, 3.05) is 44.3 Å². The summed E-state index contributed by atoms with van der Waals surface area (Å²) >= 11 is 0. The van der Waals surface area contributed by atoms with Crippen molar-refractivity contribution >= 4 is 106 Å². The van der Waals surface area contributed by atoms with E-state index >= 15 is 0 Å². The molecular formula is C32H33N5O23S6. The number of nitrogens with one attached hydrogen (secondary N) is 1. The molecule has 0 aliphatic rings. The molecule has 4 rings (SSSR count). The number of fused-ring (bicyclic) bond motifs is 1. The van der Waals surface area contributed by atoms with Gasteiger partial charge in [0.25, 0.3) is 26.1 Å². The number of hydrogen-bond donors (Lipinski definition) is 6. The molecule has 66 heavy (non-hydrogen) atoms. The number of ketones is 1. The van der Waals surface area contributed by atoms with Crippen LogP contribution in [0.4, 0.5) is 22.7 Å². The normalized spacial score (nSPS) is 13.6. The van der Waals surface area contributed by atoms with Crippen molar-refractivity contribution in [3.05, 3.63) is 54.6 Å². The summed E-state index contributed by atoms with van der Waals surface area (Å²) < 4.78 is 202. The third-order valence-corrected chi connectivity index (χ3v) is 14.4. The molecule has 0 saturated carbocycles. The Kier molecular flexibility index (Phi) is 16.1. The molecule has 28 nitrogen and oxygen atoms in total. The Labute approximate surface area is 374 Å². The van der Waals surface area contributed by atoms with Gasteiger partial charge in [0, 0.05) is 10.8 Å². The van der Waals surface area contributed by atoms with Crippen molar-refractivity contribution in [1.29, 1.82) is 0 Å². The minimum Gasteiger partial charge on any atom is -0.505 e. The maximum atomic E-state index is 13.5. The van der Waals surface area contributed by atoms with Crippen molar-refractivity contribution in [2.45, 2.75) is 32.5 Å². The van der Waals surface area contributed by atoms with Gasteiger partial charge in [-0.05, 0) is 61.5 Å². The molecule has 1 atom stereocenters. The van der Waals surface area contributed by atoms with Gasteiger partial charge in [0.2, 0.25) is 6.04 Å². The highest BCUT2D eigenvalue weighted by Gasteiger charge is 2.31. The fourth-order valence-corrected chi connectivity index (χ4v) is 9.92. The largest absolute Gasteiger partial charge is 0.505 e. The van der Waals surface area contributed by atoms with Crippen LogP contribution in [0.5, 0.6) is 17.2 Å². The van der Waals surface area contributed by atoms with Gasteiger partial charge in [0.1, 0.15) is 38.4 Å². The summed E-state index contributed by atoms with van der Waals surface area (Å²) in [7, 11) is -27.7. The van der Waals surface area contributed by atoms with Crippen molar-refractivity contribution in [3.8, 4) is 17.2 Å². The highest BCUT2D eigenvalue weighted by Crippen LogP contribution is 2.45. The van der Waals surface area contributed by atoms with E-state index in [2.05, 4.69) is 28.8 Å². The van der Waals surface area contributed by atoms with Crippen LogP contribution in [-0.4, -0.2) is 130 Å². The molecule has 34 heteroatoms. The maximum absolute atomic E-state index is 13.5. The molecule has 0 heterocycles. The number of rotatable bonds is 21. The second-order valence-corrected chi connectivity index (χ2v) is 21.9. The first kappa shape index (κ1) is 53.0. The monoisotopic (exact) mass is 1050 g/mol. The van der Waals surface area contributed by atoms with Crippen LogP contribution in [0, 0.1) is 0 Å². The average Bonchev–Trinajstić information content (AvgIpc) is 3.18. The standard InChI is InChI=1S/C32H33N5O23S6/c1-17(38)28(36-34-23-14-18(4-8-25(23)57-2)61(41,42)12-10-59-65(51,52)53)32(40)33-22-7-6-20-21(31(22)64(48,49)50)16-27(63(45,46)47)29(30(20)39)37-35-24-15-19(5-9-26(24)58-3)62(43,44)13-11-60-66(54,55)56/h4-9,14-16,28,39H,10-13H2,1-3H3,(H,33,40)(H,45,46,47)(H,48,49,50)(H,51,52,53)(H,54,55,56). The lowest BCUT2D eigenvalue weighted by Gasteiger charge is -2.16. The molecule has 0 fully saturated rings. The molecule has 1 amide bonds. The van der Waals surface area contributed by atoms with Gasteiger partial charge in [0.15, 0.2) is 31.2 Å². The van der Waals surface area contributed by atoms with E-state index < -0.39 is 162 Å². The lowest BCUT2D eigenvalue weighted by molar-refractivity contribution is -0.126. The van der Waals surface area contributed by atoms with Crippen molar-refractivity contribution < 1.29 is 101 Å². The van der Waals surface area contributed by atoms with Crippen molar-refractivity contribution in [2.24, 2.45) is 20.5 Å². The van der Waals surface area contributed by atoms with Crippen LogP contribution in [0.15, 0.2) is 94.6 Å². The Morgan fingerprint density at radius 1 is 0.636 bits per heavy atom. The van der Waals surface area contributed by atoms with Crippen LogP contribution in [0.3, 0.4) is 0 Å². The Balaban J connectivity index is 1.79. The molecule has 4 aromatic rings. The first-order chi connectivity index (χ1) is 30.3. The smallest absolute Gasteiger partial charge is 0.397 e. The Bertz CT molecular complexity index is 3360. The predicted molar refractivity (Wildman–Crippen MR) is 222 cm³/mol. The number of hydrogen-bond acceptors (Lipinski definition) is 23. The second kappa shape index (κ2) is 20.1. The first-order valence-corrected chi connectivity index (χ1v) is 26.2. The summed E-state index contributed by atoms with van der Waals surface area (Å²) in [6, 6.07) is 5.57. The highest BCUT2D eigenvalue weighted by molar-refractivity contribution is 7.91. The fraction of sp³-hybridized carbons (Fsp3) is 0.250. The quantitative estimate of drug-likeness (QED) is 0.0396. The minimum atomic E-state index is -5.59. The Morgan fingerprint density at radius 3 is 1.55 bits per heavy atom. The lowest BCUT2D eigenvalue weighted by Crippen LogP contribution is -2.32. The molecule has 360 valence electrons. The Hall–Kier alpha value is -5.66. The van der Waals surface area contributed by atoms with E-state index in [1.165, 1.54) is 0 Å². The van der Waals surface area contributed by atoms with E-state index in [0.29, 0.717) is 6.07 Å². The van der Waals surface area contributed by atoms with E-state index in [1.807, 2.05) is 5.32 Å². The van der Waals surface area contributed by atoms with E-state index in [4.69, 9.17) is 18.6 Å².